The minimum atomic E-state index is -0.386. The number of rotatable bonds is 6. The van der Waals surface area contributed by atoms with Gasteiger partial charge in [0.2, 0.25) is 0 Å². The number of ether oxygens (including phenoxy) is 1. The normalized spacial score (nSPS) is 10.8. The molecule has 8 heteroatoms. The first-order valence-corrected chi connectivity index (χ1v) is 9.47. The topological polar surface area (TPSA) is 94.8 Å². The standard InChI is InChI=1S/C22H20N6O2/c1-15(2)28-14-24-27-21(28)18-9-6-10-20(25-18)26-22(29)19-13-17(11-12-23-19)30-16-7-4-3-5-8-16/h3-15H,1-2H3,(H,25,26,29). The minimum Gasteiger partial charge on any atom is -0.457 e. The molecule has 1 amide bonds. The summed E-state index contributed by atoms with van der Waals surface area (Å²) in [5, 5.41) is 10.9. The van der Waals surface area contributed by atoms with Crippen molar-refractivity contribution >= 4 is 11.7 Å². The Bertz CT molecular complexity index is 1160. The predicted octanol–water partition coefficient (Wildman–Crippen LogP) is 4.36. The summed E-state index contributed by atoms with van der Waals surface area (Å²) >= 11 is 0. The van der Waals surface area contributed by atoms with E-state index in [1.54, 1.807) is 30.6 Å². The molecule has 0 atom stereocenters. The molecule has 0 fully saturated rings. The second-order valence-electron chi connectivity index (χ2n) is 6.81. The van der Waals surface area contributed by atoms with Gasteiger partial charge in [-0.05, 0) is 44.2 Å². The molecular weight excluding hydrogens is 380 g/mol. The molecule has 0 aliphatic rings. The van der Waals surface area contributed by atoms with Gasteiger partial charge in [0.15, 0.2) is 5.82 Å². The predicted molar refractivity (Wildman–Crippen MR) is 112 cm³/mol. The largest absolute Gasteiger partial charge is 0.457 e. The van der Waals surface area contributed by atoms with E-state index in [9.17, 15) is 4.79 Å². The molecule has 4 aromatic rings. The van der Waals surface area contributed by atoms with E-state index >= 15 is 0 Å². The maximum Gasteiger partial charge on any atom is 0.275 e. The van der Waals surface area contributed by atoms with Gasteiger partial charge in [-0.2, -0.15) is 0 Å². The molecule has 4 rings (SSSR count). The van der Waals surface area contributed by atoms with Crippen molar-refractivity contribution in [3.8, 4) is 23.0 Å². The van der Waals surface area contributed by atoms with E-state index in [0.717, 1.165) is 0 Å². The summed E-state index contributed by atoms with van der Waals surface area (Å²) in [7, 11) is 0. The van der Waals surface area contributed by atoms with Crippen LogP contribution in [0.4, 0.5) is 5.82 Å². The maximum atomic E-state index is 12.7. The number of benzene rings is 1. The molecule has 3 heterocycles. The van der Waals surface area contributed by atoms with Crippen LogP contribution < -0.4 is 10.1 Å². The van der Waals surface area contributed by atoms with Crippen LogP contribution in [-0.4, -0.2) is 30.6 Å². The van der Waals surface area contributed by atoms with Crippen LogP contribution in [0.2, 0.25) is 0 Å². The van der Waals surface area contributed by atoms with Crippen LogP contribution in [0.25, 0.3) is 11.5 Å². The third-order valence-electron chi connectivity index (χ3n) is 4.29. The fraction of sp³-hybridized carbons (Fsp3) is 0.136. The van der Waals surface area contributed by atoms with Gasteiger partial charge in [0.25, 0.3) is 5.91 Å². The van der Waals surface area contributed by atoms with E-state index in [1.807, 2.05) is 54.8 Å². The molecule has 0 radical (unpaired) electrons. The first-order chi connectivity index (χ1) is 14.6. The van der Waals surface area contributed by atoms with Crippen molar-refractivity contribution in [3.63, 3.8) is 0 Å². The molecule has 0 unspecified atom stereocenters. The van der Waals surface area contributed by atoms with Crippen molar-refractivity contribution in [2.75, 3.05) is 5.32 Å². The molecule has 0 bridgehead atoms. The van der Waals surface area contributed by atoms with Crippen molar-refractivity contribution in [1.82, 2.24) is 24.7 Å². The van der Waals surface area contributed by atoms with Crippen LogP contribution in [0.1, 0.15) is 30.4 Å². The van der Waals surface area contributed by atoms with Gasteiger partial charge in [0.05, 0.1) is 0 Å². The Balaban J connectivity index is 1.52. The van der Waals surface area contributed by atoms with Crippen molar-refractivity contribution in [1.29, 1.82) is 0 Å². The molecule has 0 saturated carbocycles. The number of amides is 1. The molecule has 0 aliphatic heterocycles. The highest BCUT2D eigenvalue weighted by Crippen LogP contribution is 2.22. The lowest BCUT2D eigenvalue weighted by atomic mass is 10.3. The third-order valence-corrected chi connectivity index (χ3v) is 4.29. The molecular formula is C22H20N6O2. The summed E-state index contributed by atoms with van der Waals surface area (Å²) in [4.78, 5) is 21.3. The molecule has 0 saturated heterocycles. The van der Waals surface area contributed by atoms with Gasteiger partial charge in [-0.3, -0.25) is 9.78 Å². The van der Waals surface area contributed by atoms with Gasteiger partial charge in [-0.1, -0.05) is 24.3 Å². The second-order valence-corrected chi connectivity index (χ2v) is 6.81. The van der Waals surface area contributed by atoms with E-state index in [1.165, 1.54) is 6.20 Å². The zero-order valence-electron chi connectivity index (χ0n) is 16.6. The molecule has 150 valence electrons. The lowest BCUT2D eigenvalue weighted by Gasteiger charge is -2.11. The van der Waals surface area contributed by atoms with E-state index in [-0.39, 0.29) is 17.6 Å². The molecule has 30 heavy (non-hydrogen) atoms. The Labute approximate surface area is 173 Å². The Morgan fingerprint density at radius 3 is 2.67 bits per heavy atom. The van der Waals surface area contributed by atoms with Crippen LogP contribution in [-0.2, 0) is 0 Å². The molecule has 8 nitrogen and oxygen atoms in total. The fourth-order valence-electron chi connectivity index (χ4n) is 2.84. The first kappa shape index (κ1) is 19.3. The number of carbonyl (C=O) groups is 1. The first-order valence-electron chi connectivity index (χ1n) is 9.47. The monoisotopic (exact) mass is 400 g/mol. The number of anilines is 1. The summed E-state index contributed by atoms with van der Waals surface area (Å²) in [6.07, 6.45) is 3.19. The second kappa shape index (κ2) is 8.52. The molecule has 0 spiro atoms. The highest BCUT2D eigenvalue weighted by molar-refractivity contribution is 6.02. The fourth-order valence-corrected chi connectivity index (χ4v) is 2.84. The average Bonchev–Trinajstić information content (AvgIpc) is 3.25. The van der Waals surface area contributed by atoms with E-state index in [0.29, 0.717) is 28.8 Å². The van der Waals surface area contributed by atoms with Gasteiger partial charge < -0.3 is 14.6 Å². The van der Waals surface area contributed by atoms with Gasteiger partial charge in [0, 0.05) is 18.3 Å². The Morgan fingerprint density at radius 2 is 1.87 bits per heavy atom. The number of nitrogens with zero attached hydrogens (tertiary/aromatic N) is 5. The van der Waals surface area contributed by atoms with E-state index < -0.39 is 0 Å². The average molecular weight is 400 g/mol. The zero-order chi connectivity index (χ0) is 20.9. The molecule has 1 N–H and O–H groups in total. The minimum absolute atomic E-state index is 0.187. The molecule has 1 aromatic carbocycles. The zero-order valence-corrected chi connectivity index (χ0v) is 16.6. The van der Waals surface area contributed by atoms with E-state index in [4.69, 9.17) is 4.74 Å². The number of carbonyl (C=O) groups excluding carboxylic acids is 1. The van der Waals surface area contributed by atoms with E-state index in [2.05, 4.69) is 25.5 Å². The number of hydrogen-bond acceptors (Lipinski definition) is 6. The van der Waals surface area contributed by atoms with Crippen LogP contribution in [0, 0.1) is 0 Å². The Hall–Kier alpha value is -4.07. The highest BCUT2D eigenvalue weighted by Gasteiger charge is 2.14. The smallest absolute Gasteiger partial charge is 0.275 e. The van der Waals surface area contributed by atoms with Gasteiger partial charge in [-0.25, -0.2) is 4.98 Å². The van der Waals surface area contributed by atoms with Crippen molar-refractivity contribution in [3.05, 3.63) is 78.9 Å². The summed E-state index contributed by atoms with van der Waals surface area (Å²) in [6, 6.07) is 18.1. The number of hydrogen-bond donors (Lipinski definition) is 1. The summed E-state index contributed by atoms with van der Waals surface area (Å²) in [6.45, 7) is 4.07. The van der Waals surface area contributed by atoms with Gasteiger partial charge in [-0.15, -0.1) is 10.2 Å². The third kappa shape index (κ3) is 4.33. The lowest BCUT2D eigenvalue weighted by Crippen LogP contribution is -2.15. The number of aromatic nitrogens is 5. The van der Waals surface area contributed by atoms with Crippen molar-refractivity contribution < 1.29 is 9.53 Å². The maximum absolute atomic E-state index is 12.7. The van der Waals surface area contributed by atoms with Crippen LogP contribution >= 0.6 is 0 Å². The SMILES string of the molecule is CC(C)n1cnnc1-c1cccc(NC(=O)c2cc(Oc3ccccc3)ccn2)n1. The quantitative estimate of drug-likeness (QED) is 0.517. The summed E-state index contributed by atoms with van der Waals surface area (Å²) in [5.41, 5.74) is 0.842. The lowest BCUT2D eigenvalue weighted by molar-refractivity contribution is 0.102. The summed E-state index contributed by atoms with van der Waals surface area (Å²) in [5.74, 6) is 1.85. The Kier molecular flexibility index (Phi) is 5.47. The summed E-state index contributed by atoms with van der Waals surface area (Å²) < 4.78 is 7.69. The van der Waals surface area contributed by atoms with Crippen molar-refractivity contribution in [2.45, 2.75) is 19.9 Å². The molecule has 0 aliphatic carbocycles. The van der Waals surface area contributed by atoms with Gasteiger partial charge >= 0.3 is 0 Å². The van der Waals surface area contributed by atoms with Crippen LogP contribution in [0.5, 0.6) is 11.5 Å². The number of nitrogens with one attached hydrogen (secondary N) is 1. The van der Waals surface area contributed by atoms with Gasteiger partial charge in [0.1, 0.15) is 35.0 Å². The van der Waals surface area contributed by atoms with Crippen molar-refractivity contribution in [2.24, 2.45) is 0 Å². The van der Waals surface area contributed by atoms with Crippen LogP contribution in [0.15, 0.2) is 73.2 Å². The molecule has 3 aromatic heterocycles. The highest BCUT2D eigenvalue weighted by atomic mass is 16.5. The number of para-hydroxylation sites is 1. The Morgan fingerprint density at radius 1 is 1.03 bits per heavy atom. The number of pyridine rings is 2. The van der Waals surface area contributed by atoms with Crippen LogP contribution in [0.3, 0.4) is 0 Å².